The molecule has 1 heterocycles. The molecule has 1 aromatic heterocycles. The van der Waals surface area contributed by atoms with Crippen LogP contribution in [0, 0.1) is 6.92 Å². The van der Waals surface area contributed by atoms with Gasteiger partial charge in [0.05, 0.1) is 5.03 Å². The van der Waals surface area contributed by atoms with E-state index in [0.29, 0.717) is 6.42 Å². The highest BCUT2D eigenvalue weighted by atomic mass is 32.2. The van der Waals surface area contributed by atoms with Crippen LogP contribution in [0.4, 0.5) is 0 Å². The molecule has 1 aliphatic carbocycles. The van der Waals surface area contributed by atoms with Crippen molar-refractivity contribution in [2.75, 3.05) is 0 Å². The minimum atomic E-state index is 0.189. The van der Waals surface area contributed by atoms with E-state index in [1.165, 1.54) is 32.1 Å². The third kappa shape index (κ3) is 3.35. The Balaban J connectivity index is 2.06. The minimum Gasteiger partial charge on any atom is -0.294 e. The number of carbonyl (C=O) groups is 1. The number of aromatic nitrogens is 1. The molecule has 0 N–H and O–H groups in total. The Morgan fingerprint density at radius 1 is 1.33 bits per heavy atom. The first kappa shape index (κ1) is 13.6. The number of aryl methyl sites for hydroxylation is 1. The van der Waals surface area contributed by atoms with Gasteiger partial charge in [-0.15, -0.1) is 11.8 Å². The van der Waals surface area contributed by atoms with Gasteiger partial charge in [-0.05, 0) is 31.9 Å². The molecule has 3 heteroatoms. The summed E-state index contributed by atoms with van der Waals surface area (Å²) in [5, 5.41) is 1.80. The third-order valence-corrected chi connectivity index (χ3v) is 4.79. The van der Waals surface area contributed by atoms with Gasteiger partial charge in [0.25, 0.3) is 0 Å². The van der Waals surface area contributed by atoms with E-state index in [2.05, 4.69) is 4.98 Å². The van der Waals surface area contributed by atoms with Crippen LogP contribution in [-0.2, 0) is 0 Å². The number of thioether (sulfide) groups is 1. The Labute approximate surface area is 114 Å². The minimum absolute atomic E-state index is 0.189. The largest absolute Gasteiger partial charge is 0.294 e. The third-order valence-electron chi connectivity index (χ3n) is 3.52. The van der Waals surface area contributed by atoms with E-state index < -0.39 is 0 Å². The van der Waals surface area contributed by atoms with Crippen molar-refractivity contribution in [2.45, 2.75) is 62.6 Å². The Morgan fingerprint density at radius 2 is 2.06 bits per heavy atom. The molecule has 0 unspecified atom stereocenters. The number of hydrogen-bond donors (Lipinski definition) is 0. The van der Waals surface area contributed by atoms with Crippen LogP contribution in [0.15, 0.2) is 17.2 Å². The first-order valence-electron chi connectivity index (χ1n) is 6.88. The standard InChI is InChI=1S/C15H21NOS/c1-3-14(17)13-9-10-15(16-11(13)2)18-12-7-5-4-6-8-12/h9-10,12H,3-8H2,1-2H3. The lowest BCUT2D eigenvalue weighted by atomic mass is 10.0. The predicted octanol–water partition coefficient (Wildman–Crippen LogP) is 4.41. The predicted molar refractivity (Wildman–Crippen MR) is 76.3 cm³/mol. The van der Waals surface area contributed by atoms with Gasteiger partial charge < -0.3 is 0 Å². The van der Waals surface area contributed by atoms with Gasteiger partial charge in [-0.25, -0.2) is 4.98 Å². The zero-order valence-corrected chi connectivity index (χ0v) is 12.1. The molecule has 0 atom stereocenters. The quantitative estimate of drug-likeness (QED) is 0.754. The molecule has 0 saturated heterocycles. The second-order valence-corrected chi connectivity index (χ2v) is 6.26. The van der Waals surface area contributed by atoms with E-state index in [-0.39, 0.29) is 5.78 Å². The van der Waals surface area contributed by atoms with Crippen molar-refractivity contribution in [3.63, 3.8) is 0 Å². The van der Waals surface area contributed by atoms with Crippen molar-refractivity contribution in [1.29, 1.82) is 0 Å². The summed E-state index contributed by atoms with van der Waals surface area (Å²) in [7, 11) is 0. The molecule has 0 amide bonds. The Kier molecular flexibility index (Phi) is 4.81. The van der Waals surface area contributed by atoms with Crippen molar-refractivity contribution in [1.82, 2.24) is 4.98 Å². The molecule has 1 saturated carbocycles. The van der Waals surface area contributed by atoms with Gasteiger partial charge in [-0.3, -0.25) is 4.79 Å². The summed E-state index contributed by atoms with van der Waals surface area (Å²) in [6.07, 6.45) is 7.25. The second-order valence-electron chi connectivity index (χ2n) is 4.94. The van der Waals surface area contributed by atoms with Crippen molar-refractivity contribution < 1.29 is 4.79 Å². The molecule has 98 valence electrons. The van der Waals surface area contributed by atoms with Gasteiger partial charge in [0, 0.05) is 22.9 Å². The van der Waals surface area contributed by atoms with E-state index in [1.54, 1.807) is 0 Å². The van der Waals surface area contributed by atoms with Gasteiger partial charge >= 0.3 is 0 Å². The molecule has 18 heavy (non-hydrogen) atoms. The fourth-order valence-corrected chi connectivity index (χ4v) is 3.69. The summed E-state index contributed by atoms with van der Waals surface area (Å²) >= 11 is 1.88. The first-order valence-corrected chi connectivity index (χ1v) is 7.76. The summed E-state index contributed by atoms with van der Waals surface area (Å²) < 4.78 is 0. The smallest absolute Gasteiger partial charge is 0.164 e. The summed E-state index contributed by atoms with van der Waals surface area (Å²) in [6.45, 7) is 3.83. The van der Waals surface area contributed by atoms with Crippen molar-refractivity contribution in [2.24, 2.45) is 0 Å². The van der Waals surface area contributed by atoms with Gasteiger partial charge in [0.15, 0.2) is 5.78 Å². The fraction of sp³-hybridized carbons (Fsp3) is 0.600. The maximum absolute atomic E-state index is 11.7. The molecule has 0 radical (unpaired) electrons. The van der Waals surface area contributed by atoms with E-state index >= 15 is 0 Å². The van der Waals surface area contributed by atoms with Crippen LogP contribution >= 0.6 is 11.8 Å². The molecule has 0 aliphatic heterocycles. The molecule has 2 nitrogen and oxygen atoms in total. The number of hydrogen-bond acceptors (Lipinski definition) is 3. The first-order chi connectivity index (χ1) is 8.70. The van der Waals surface area contributed by atoms with Gasteiger partial charge in [-0.1, -0.05) is 26.2 Å². The van der Waals surface area contributed by atoms with Gasteiger partial charge in [0.1, 0.15) is 0 Å². The number of rotatable bonds is 4. The summed E-state index contributed by atoms with van der Waals surface area (Å²) in [5.74, 6) is 0.189. The topological polar surface area (TPSA) is 30.0 Å². The van der Waals surface area contributed by atoms with E-state index in [9.17, 15) is 4.79 Å². The highest BCUT2D eigenvalue weighted by molar-refractivity contribution is 7.99. The molecule has 0 aromatic carbocycles. The maximum Gasteiger partial charge on any atom is 0.164 e. The van der Waals surface area contributed by atoms with Crippen LogP contribution in [0.1, 0.15) is 61.5 Å². The lowest BCUT2D eigenvalue weighted by molar-refractivity contribution is 0.0987. The molecule has 2 rings (SSSR count). The Morgan fingerprint density at radius 3 is 2.67 bits per heavy atom. The highest BCUT2D eigenvalue weighted by Gasteiger charge is 2.16. The molecule has 0 bridgehead atoms. The van der Waals surface area contributed by atoms with Crippen LogP contribution in [0.3, 0.4) is 0 Å². The van der Waals surface area contributed by atoms with Crippen molar-refractivity contribution >= 4 is 17.5 Å². The summed E-state index contributed by atoms with van der Waals surface area (Å²) in [5.41, 5.74) is 1.66. The zero-order chi connectivity index (χ0) is 13.0. The van der Waals surface area contributed by atoms with Crippen molar-refractivity contribution in [3.8, 4) is 0 Å². The summed E-state index contributed by atoms with van der Waals surface area (Å²) in [6, 6.07) is 3.95. The monoisotopic (exact) mass is 263 g/mol. The van der Waals surface area contributed by atoms with Crippen LogP contribution in [-0.4, -0.2) is 16.0 Å². The van der Waals surface area contributed by atoms with Crippen LogP contribution in [0.25, 0.3) is 0 Å². The number of pyridine rings is 1. The van der Waals surface area contributed by atoms with E-state index in [1.807, 2.05) is 37.7 Å². The molecule has 0 spiro atoms. The number of nitrogens with zero attached hydrogens (tertiary/aromatic N) is 1. The maximum atomic E-state index is 11.7. The van der Waals surface area contributed by atoms with Gasteiger partial charge in [-0.2, -0.15) is 0 Å². The van der Waals surface area contributed by atoms with Gasteiger partial charge in [0.2, 0.25) is 0 Å². The summed E-state index contributed by atoms with van der Waals surface area (Å²) in [4.78, 5) is 16.3. The number of Topliss-reactive ketones (excluding diaryl/α,β-unsaturated/α-hetero) is 1. The fourth-order valence-electron chi connectivity index (χ4n) is 2.44. The van der Waals surface area contributed by atoms with Crippen LogP contribution in [0.2, 0.25) is 0 Å². The average Bonchev–Trinajstić information content (AvgIpc) is 2.39. The van der Waals surface area contributed by atoms with Crippen LogP contribution in [0.5, 0.6) is 0 Å². The lowest BCUT2D eigenvalue weighted by Crippen LogP contribution is -2.09. The average molecular weight is 263 g/mol. The van der Waals surface area contributed by atoms with E-state index in [0.717, 1.165) is 21.5 Å². The highest BCUT2D eigenvalue weighted by Crippen LogP contribution is 2.32. The molecule has 1 aliphatic rings. The second kappa shape index (κ2) is 6.37. The van der Waals surface area contributed by atoms with E-state index in [4.69, 9.17) is 0 Å². The Bertz CT molecular complexity index is 425. The normalized spacial score (nSPS) is 16.8. The zero-order valence-electron chi connectivity index (χ0n) is 11.2. The van der Waals surface area contributed by atoms with Crippen molar-refractivity contribution in [3.05, 3.63) is 23.4 Å². The Hall–Kier alpha value is -0.830. The SMILES string of the molecule is CCC(=O)c1ccc(SC2CCCCC2)nc1C. The molecule has 1 aromatic rings. The number of carbonyl (C=O) groups excluding carboxylic acids is 1. The number of ketones is 1. The van der Waals surface area contributed by atoms with Crippen LogP contribution < -0.4 is 0 Å². The molecule has 1 fully saturated rings. The molecular formula is C15H21NOS. The lowest BCUT2D eigenvalue weighted by Gasteiger charge is -2.20. The molecular weight excluding hydrogens is 242 g/mol.